The van der Waals surface area contributed by atoms with Crippen molar-refractivity contribution in [3.63, 3.8) is 0 Å². The Balaban J connectivity index is 2.55. The lowest BCUT2D eigenvalue weighted by Gasteiger charge is -2.16. The molecule has 0 aliphatic carbocycles. The second-order valence-electron chi connectivity index (χ2n) is 3.12. The normalized spacial score (nSPS) is 12.2. The van der Waals surface area contributed by atoms with Gasteiger partial charge in [0, 0.05) is 13.7 Å². The summed E-state index contributed by atoms with van der Waals surface area (Å²) in [5, 5.41) is 3.16. The minimum Gasteiger partial charge on any atom is -0.495 e. The molecule has 1 rings (SSSR count). The summed E-state index contributed by atoms with van der Waals surface area (Å²) in [5.41, 5.74) is 5.57. The summed E-state index contributed by atoms with van der Waals surface area (Å²) in [6.45, 7) is 1.06. The summed E-state index contributed by atoms with van der Waals surface area (Å²) >= 11 is 0. The molecule has 0 aromatic carbocycles. The van der Waals surface area contributed by atoms with Gasteiger partial charge in [-0.3, -0.25) is 0 Å². The molecular weight excluding hydrogens is 194 g/mol. The fraction of sp³-hybridized carbons (Fsp3) is 0.500. The van der Waals surface area contributed by atoms with E-state index in [1.54, 1.807) is 20.4 Å². The molecule has 0 fully saturated rings. The third-order valence-corrected chi connectivity index (χ3v) is 1.98. The van der Waals surface area contributed by atoms with Crippen LogP contribution in [0.1, 0.15) is 0 Å². The van der Waals surface area contributed by atoms with E-state index in [4.69, 9.17) is 15.2 Å². The average Bonchev–Trinajstić information content (AvgIpc) is 2.29. The fourth-order valence-electron chi connectivity index (χ4n) is 1.17. The van der Waals surface area contributed by atoms with Crippen LogP contribution in [0.15, 0.2) is 18.3 Å². The van der Waals surface area contributed by atoms with Crippen LogP contribution in [0, 0.1) is 0 Å². The summed E-state index contributed by atoms with van der Waals surface area (Å²) in [4.78, 5) is 4.17. The van der Waals surface area contributed by atoms with Crippen molar-refractivity contribution in [2.24, 2.45) is 5.73 Å². The van der Waals surface area contributed by atoms with Gasteiger partial charge in [-0.25, -0.2) is 4.98 Å². The van der Waals surface area contributed by atoms with Crippen molar-refractivity contribution in [3.8, 4) is 5.75 Å². The summed E-state index contributed by atoms with van der Waals surface area (Å²) < 4.78 is 10.0. The Bertz CT molecular complexity index is 277. The molecule has 0 saturated carbocycles. The molecule has 0 amide bonds. The van der Waals surface area contributed by atoms with Crippen molar-refractivity contribution in [2.75, 3.05) is 32.7 Å². The molecular formula is C10H17N3O2. The van der Waals surface area contributed by atoms with Gasteiger partial charge in [0.1, 0.15) is 11.6 Å². The molecule has 5 heteroatoms. The number of nitrogens with two attached hydrogens (primary N) is 1. The van der Waals surface area contributed by atoms with Gasteiger partial charge in [0.15, 0.2) is 0 Å². The SMILES string of the molecule is COCC(CN)Nc1ccc(OC)cn1. The summed E-state index contributed by atoms with van der Waals surface area (Å²) in [7, 11) is 3.25. The fourth-order valence-corrected chi connectivity index (χ4v) is 1.17. The molecule has 5 nitrogen and oxygen atoms in total. The molecule has 0 radical (unpaired) electrons. The number of pyridine rings is 1. The topological polar surface area (TPSA) is 69.4 Å². The minimum absolute atomic E-state index is 0.0795. The first kappa shape index (κ1) is 11.7. The van der Waals surface area contributed by atoms with Gasteiger partial charge < -0.3 is 20.5 Å². The van der Waals surface area contributed by atoms with Crippen LogP contribution < -0.4 is 15.8 Å². The van der Waals surface area contributed by atoms with Crippen molar-refractivity contribution in [1.29, 1.82) is 0 Å². The van der Waals surface area contributed by atoms with Crippen LogP contribution in [-0.2, 0) is 4.74 Å². The van der Waals surface area contributed by atoms with Crippen LogP contribution in [0.4, 0.5) is 5.82 Å². The lowest BCUT2D eigenvalue weighted by Crippen LogP contribution is -2.33. The third kappa shape index (κ3) is 3.73. The number of methoxy groups -OCH3 is 2. The van der Waals surface area contributed by atoms with Gasteiger partial charge in [-0.2, -0.15) is 0 Å². The third-order valence-electron chi connectivity index (χ3n) is 1.98. The lowest BCUT2D eigenvalue weighted by molar-refractivity contribution is 0.187. The minimum atomic E-state index is 0.0795. The Labute approximate surface area is 89.6 Å². The van der Waals surface area contributed by atoms with E-state index in [2.05, 4.69) is 10.3 Å². The van der Waals surface area contributed by atoms with Gasteiger partial charge in [-0.05, 0) is 12.1 Å². The van der Waals surface area contributed by atoms with Gasteiger partial charge in [0.05, 0.1) is 26.0 Å². The Kier molecular flexibility index (Phi) is 4.86. The van der Waals surface area contributed by atoms with Crippen LogP contribution in [0.3, 0.4) is 0 Å². The van der Waals surface area contributed by atoms with E-state index < -0.39 is 0 Å². The molecule has 1 aromatic heterocycles. The first-order valence-electron chi connectivity index (χ1n) is 4.75. The first-order valence-corrected chi connectivity index (χ1v) is 4.75. The molecule has 0 aliphatic rings. The molecule has 1 aromatic rings. The second kappa shape index (κ2) is 6.21. The standard InChI is InChI=1S/C10H17N3O2/c1-14-7-8(5-11)13-10-4-3-9(15-2)6-12-10/h3-4,6,8H,5,7,11H2,1-2H3,(H,12,13). The highest BCUT2D eigenvalue weighted by Gasteiger charge is 2.06. The van der Waals surface area contributed by atoms with Crippen LogP contribution in [-0.4, -0.2) is 38.4 Å². The predicted octanol–water partition coefficient (Wildman–Crippen LogP) is 0.476. The van der Waals surface area contributed by atoms with E-state index in [1.807, 2.05) is 12.1 Å². The highest BCUT2D eigenvalue weighted by molar-refractivity contribution is 5.38. The summed E-state index contributed by atoms with van der Waals surface area (Å²) in [6.07, 6.45) is 1.66. The predicted molar refractivity (Wildman–Crippen MR) is 59.1 cm³/mol. The van der Waals surface area contributed by atoms with Crippen molar-refractivity contribution in [1.82, 2.24) is 4.98 Å². The van der Waals surface area contributed by atoms with Gasteiger partial charge in [-0.15, -0.1) is 0 Å². The second-order valence-corrected chi connectivity index (χ2v) is 3.12. The van der Waals surface area contributed by atoms with E-state index in [1.165, 1.54) is 0 Å². The molecule has 0 aliphatic heterocycles. The molecule has 1 heterocycles. The van der Waals surface area contributed by atoms with Gasteiger partial charge in [0.2, 0.25) is 0 Å². The molecule has 0 bridgehead atoms. The number of hydrogen-bond donors (Lipinski definition) is 2. The Morgan fingerprint density at radius 2 is 2.27 bits per heavy atom. The van der Waals surface area contributed by atoms with E-state index in [9.17, 15) is 0 Å². The number of nitrogens with zero attached hydrogens (tertiary/aromatic N) is 1. The van der Waals surface area contributed by atoms with Gasteiger partial charge >= 0.3 is 0 Å². The number of rotatable bonds is 6. The van der Waals surface area contributed by atoms with Crippen LogP contribution >= 0.6 is 0 Å². The first-order chi connectivity index (χ1) is 7.30. The quantitative estimate of drug-likeness (QED) is 0.716. The molecule has 0 spiro atoms. The van der Waals surface area contributed by atoms with E-state index in [0.717, 1.165) is 11.6 Å². The molecule has 0 saturated heterocycles. The highest BCUT2D eigenvalue weighted by Crippen LogP contribution is 2.11. The number of nitrogens with one attached hydrogen (secondary N) is 1. The summed E-state index contributed by atoms with van der Waals surface area (Å²) in [5.74, 6) is 1.50. The van der Waals surface area contributed by atoms with Crippen LogP contribution in [0.25, 0.3) is 0 Å². The highest BCUT2D eigenvalue weighted by atomic mass is 16.5. The van der Waals surface area contributed by atoms with Gasteiger partial charge in [0.25, 0.3) is 0 Å². The molecule has 1 unspecified atom stereocenters. The van der Waals surface area contributed by atoms with E-state index in [0.29, 0.717) is 13.2 Å². The van der Waals surface area contributed by atoms with Gasteiger partial charge in [-0.1, -0.05) is 0 Å². The van der Waals surface area contributed by atoms with Crippen LogP contribution in [0.2, 0.25) is 0 Å². The maximum Gasteiger partial charge on any atom is 0.137 e. The zero-order valence-corrected chi connectivity index (χ0v) is 9.06. The van der Waals surface area contributed by atoms with Crippen LogP contribution in [0.5, 0.6) is 5.75 Å². The Hall–Kier alpha value is -1.33. The number of anilines is 1. The maximum absolute atomic E-state index is 5.57. The number of hydrogen-bond acceptors (Lipinski definition) is 5. The number of ether oxygens (including phenoxy) is 2. The molecule has 84 valence electrons. The zero-order valence-electron chi connectivity index (χ0n) is 9.06. The van der Waals surface area contributed by atoms with E-state index in [-0.39, 0.29) is 6.04 Å². The Morgan fingerprint density at radius 1 is 1.47 bits per heavy atom. The van der Waals surface area contributed by atoms with Crippen molar-refractivity contribution < 1.29 is 9.47 Å². The smallest absolute Gasteiger partial charge is 0.137 e. The van der Waals surface area contributed by atoms with Crippen molar-refractivity contribution >= 4 is 5.82 Å². The molecule has 15 heavy (non-hydrogen) atoms. The number of aromatic nitrogens is 1. The lowest BCUT2D eigenvalue weighted by atomic mass is 10.3. The molecule has 3 N–H and O–H groups in total. The van der Waals surface area contributed by atoms with Crippen molar-refractivity contribution in [2.45, 2.75) is 6.04 Å². The van der Waals surface area contributed by atoms with Crippen molar-refractivity contribution in [3.05, 3.63) is 18.3 Å². The monoisotopic (exact) mass is 211 g/mol. The largest absolute Gasteiger partial charge is 0.495 e. The summed E-state index contributed by atoms with van der Waals surface area (Å²) in [6, 6.07) is 3.77. The Morgan fingerprint density at radius 3 is 2.73 bits per heavy atom. The molecule has 1 atom stereocenters. The average molecular weight is 211 g/mol. The zero-order chi connectivity index (χ0) is 11.1. The van der Waals surface area contributed by atoms with E-state index >= 15 is 0 Å². The maximum atomic E-state index is 5.57.